The highest BCUT2D eigenvalue weighted by atomic mass is 32.3. The molecule has 0 amide bonds. The number of rotatable bonds is 7. The minimum atomic E-state index is 0.0171. The number of nitrogens with zero attached hydrogens (tertiary/aromatic N) is 1. The Balaban J connectivity index is 1.32. The zero-order valence-corrected chi connectivity index (χ0v) is 22.0. The summed E-state index contributed by atoms with van der Waals surface area (Å²) in [5.74, 6) is 3.67. The SMILES string of the molecule is CC1=C(SCCc2cccc(C=NCCO)c2O)SC(=C2SC3=C(SCCS3)S2)S1. The number of phenols is 1. The molecule has 10 heteroatoms. The van der Waals surface area contributed by atoms with E-state index in [0.29, 0.717) is 17.9 Å². The van der Waals surface area contributed by atoms with Gasteiger partial charge in [0.2, 0.25) is 0 Å². The Labute approximate surface area is 207 Å². The maximum Gasteiger partial charge on any atom is 0.127 e. The lowest BCUT2D eigenvalue weighted by molar-refractivity contribution is 0.307. The van der Waals surface area contributed by atoms with Crippen LogP contribution in [0, 0.1) is 0 Å². The summed E-state index contributed by atoms with van der Waals surface area (Å²) < 4.78 is 7.24. The van der Waals surface area contributed by atoms with Gasteiger partial charge in [-0.2, -0.15) is 0 Å². The number of aromatic hydroxyl groups is 1. The van der Waals surface area contributed by atoms with E-state index in [0.717, 1.165) is 17.7 Å². The molecular weight excluding hydrogens is 511 g/mol. The Bertz CT molecular complexity index is 919. The van der Waals surface area contributed by atoms with E-state index in [4.69, 9.17) is 5.11 Å². The summed E-state index contributed by atoms with van der Waals surface area (Å²) in [5, 5.41) is 19.4. The maximum absolute atomic E-state index is 10.5. The molecule has 1 aromatic rings. The van der Waals surface area contributed by atoms with Crippen molar-refractivity contribution in [3.8, 4) is 5.75 Å². The summed E-state index contributed by atoms with van der Waals surface area (Å²) in [6.45, 7) is 2.58. The standard InChI is InChI=1S/C20H21NO2S7/c1-12-16(28-19(27-12)20-29-17-18(30-20)26-10-9-25-17)24-8-5-13-3-2-4-14(15(13)23)11-21-6-7-22/h2-4,11,22-23H,5-10H2,1H3. The van der Waals surface area contributed by atoms with Crippen LogP contribution in [0.15, 0.2) is 49.3 Å². The quantitative estimate of drug-likeness (QED) is 0.364. The van der Waals surface area contributed by atoms with Crippen LogP contribution in [-0.2, 0) is 6.42 Å². The van der Waals surface area contributed by atoms with Gasteiger partial charge in [-0.15, -0.1) is 35.3 Å². The van der Waals surface area contributed by atoms with Crippen LogP contribution < -0.4 is 0 Å². The van der Waals surface area contributed by atoms with Crippen LogP contribution in [-0.4, -0.2) is 46.8 Å². The fourth-order valence-corrected chi connectivity index (χ4v) is 13.2. The number of aliphatic hydroxyl groups is 1. The Morgan fingerprint density at radius 2 is 1.77 bits per heavy atom. The third-order valence-electron chi connectivity index (χ3n) is 4.19. The van der Waals surface area contributed by atoms with Gasteiger partial charge in [-0.1, -0.05) is 59.2 Å². The summed E-state index contributed by atoms with van der Waals surface area (Å²) in [6.07, 6.45) is 2.44. The van der Waals surface area contributed by atoms with Crippen LogP contribution in [0.5, 0.6) is 5.75 Å². The molecule has 4 rings (SSSR count). The smallest absolute Gasteiger partial charge is 0.127 e. The minimum Gasteiger partial charge on any atom is -0.507 e. The number of phenolic OH excluding ortho intramolecular Hbond substituents is 1. The van der Waals surface area contributed by atoms with Crippen LogP contribution >= 0.6 is 82.3 Å². The molecule has 0 radical (unpaired) electrons. The Kier molecular flexibility index (Phi) is 8.96. The number of benzene rings is 1. The zero-order valence-electron chi connectivity index (χ0n) is 16.3. The predicted octanol–water partition coefficient (Wildman–Crippen LogP) is 6.96. The molecule has 0 aromatic heterocycles. The van der Waals surface area contributed by atoms with E-state index in [1.165, 1.54) is 37.6 Å². The second kappa shape index (κ2) is 11.4. The largest absolute Gasteiger partial charge is 0.507 e. The molecule has 3 nitrogen and oxygen atoms in total. The van der Waals surface area contributed by atoms with Gasteiger partial charge in [0.25, 0.3) is 0 Å². The summed E-state index contributed by atoms with van der Waals surface area (Å²) in [4.78, 5) is 5.50. The van der Waals surface area contributed by atoms with Crippen LogP contribution in [0.1, 0.15) is 18.1 Å². The Morgan fingerprint density at radius 3 is 2.50 bits per heavy atom. The first-order chi connectivity index (χ1) is 14.7. The van der Waals surface area contributed by atoms with Crippen molar-refractivity contribution < 1.29 is 10.2 Å². The third-order valence-corrected chi connectivity index (χ3v) is 14.6. The fourth-order valence-electron chi connectivity index (χ4n) is 2.76. The van der Waals surface area contributed by atoms with E-state index in [2.05, 4.69) is 11.9 Å². The van der Waals surface area contributed by atoms with Crippen molar-refractivity contribution >= 4 is 88.5 Å². The first-order valence-electron chi connectivity index (χ1n) is 9.36. The van der Waals surface area contributed by atoms with Gasteiger partial charge in [0, 0.05) is 33.9 Å². The van der Waals surface area contributed by atoms with Crippen molar-refractivity contribution in [1.82, 2.24) is 0 Å². The minimum absolute atomic E-state index is 0.0171. The zero-order chi connectivity index (χ0) is 20.9. The molecule has 0 saturated carbocycles. The normalized spacial score (nSPS) is 19.5. The van der Waals surface area contributed by atoms with Crippen molar-refractivity contribution in [3.05, 3.63) is 55.4 Å². The van der Waals surface area contributed by atoms with Crippen molar-refractivity contribution in [2.24, 2.45) is 4.99 Å². The van der Waals surface area contributed by atoms with E-state index < -0.39 is 0 Å². The summed E-state index contributed by atoms with van der Waals surface area (Å²) >= 11 is 13.6. The first kappa shape index (κ1) is 23.5. The number of aliphatic imine (C=N–C) groups is 1. The van der Waals surface area contributed by atoms with Gasteiger partial charge in [-0.05, 0) is 25.0 Å². The van der Waals surface area contributed by atoms with Crippen LogP contribution in [0.25, 0.3) is 0 Å². The molecular formula is C20H21NO2S7. The number of hydrogen-bond acceptors (Lipinski definition) is 10. The second-order valence-electron chi connectivity index (χ2n) is 6.31. The van der Waals surface area contributed by atoms with Crippen LogP contribution in [0.3, 0.4) is 0 Å². The number of aryl methyl sites for hydroxylation is 1. The van der Waals surface area contributed by atoms with Gasteiger partial charge < -0.3 is 10.2 Å². The van der Waals surface area contributed by atoms with Gasteiger partial charge in [0.15, 0.2) is 0 Å². The average molecular weight is 532 g/mol. The molecule has 30 heavy (non-hydrogen) atoms. The Morgan fingerprint density at radius 1 is 1.03 bits per heavy atom. The van der Waals surface area contributed by atoms with Gasteiger partial charge in [-0.25, -0.2) is 0 Å². The topological polar surface area (TPSA) is 52.8 Å². The number of thioether (sulfide) groups is 7. The second-order valence-corrected chi connectivity index (χ2v) is 15.2. The molecule has 3 aliphatic rings. The number of para-hydroxylation sites is 1. The van der Waals surface area contributed by atoms with E-state index in [-0.39, 0.29) is 6.61 Å². The van der Waals surface area contributed by atoms with Gasteiger partial charge >= 0.3 is 0 Å². The van der Waals surface area contributed by atoms with E-state index >= 15 is 0 Å². The number of aliphatic hydroxyl groups excluding tert-OH is 1. The average Bonchev–Trinajstić information content (AvgIpc) is 3.34. The number of allylic oxidation sites excluding steroid dienone is 1. The van der Waals surface area contributed by atoms with Crippen molar-refractivity contribution in [2.75, 3.05) is 30.4 Å². The number of hydrogen-bond donors (Lipinski definition) is 2. The van der Waals surface area contributed by atoms with Crippen molar-refractivity contribution in [1.29, 1.82) is 0 Å². The predicted molar refractivity (Wildman–Crippen MR) is 146 cm³/mol. The summed E-state index contributed by atoms with van der Waals surface area (Å²) in [7, 11) is 0. The highest BCUT2D eigenvalue weighted by Crippen LogP contribution is 2.65. The molecule has 0 aliphatic carbocycles. The third kappa shape index (κ3) is 5.81. The lowest BCUT2D eigenvalue weighted by atomic mass is 10.1. The molecule has 0 fully saturated rings. The molecule has 0 spiro atoms. The Hall–Kier alpha value is 0.320. The van der Waals surface area contributed by atoms with Crippen LogP contribution in [0.4, 0.5) is 0 Å². The van der Waals surface area contributed by atoms with Gasteiger partial charge in [-0.3, -0.25) is 4.99 Å². The maximum atomic E-state index is 10.5. The highest BCUT2D eigenvalue weighted by Gasteiger charge is 2.30. The van der Waals surface area contributed by atoms with E-state index in [1.807, 2.05) is 101 Å². The van der Waals surface area contributed by atoms with Crippen molar-refractivity contribution in [2.45, 2.75) is 13.3 Å². The molecule has 0 atom stereocenters. The molecule has 2 N–H and O–H groups in total. The first-order valence-corrected chi connectivity index (χ1v) is 15.6. The molecule has 1 aromatic carbocycles. The monoisotopic (exact) mass is 531 g/mol. The summed E-state index contributed by atoms with van der Waals surface area (Å²) in [5.41, 5.74) is 1.65. The van der Waals surface area contributed by atoms with E-state index in [9.17, 15) is 5.11 Å². The summed E-state index contributed by atoms with van der Waals surface area (Å²) in [6, 6.07) is 5.77. The molecule has 3 aliphatic heterocycles. The molecule has 0 bridgehead atoms. The van der Waals surface area contributed by atoms with E-state index in [1.54, 1.807) is 6.21 Å². The lowest BCUT2D eigenvalue weighted by Crippen LogP contribution is -1.94. The lowest BCUT2D eigenvalue weighted by Gasteiger charge is -2.08. The molecule has 0 saturated heterocycles. The fraction of sp³-hybridized carbons (Fsp3) is 0.350. The van der Waals surface area contributed by atoms with Crippen LogP contribution in [0.2, 0.25) is 0 Å². The highest BCUT2D eigenvalue weighted by molar-refractivity contribution is 8.43. The molecule has 0 unspecified atom stereocenters. The van der Waals surface area contributed by atoms with Gasteiger partial charge in [0.1, 0.15) is 5.75 Å². The van der Waals surface area contributed by atoms with Crippen molar-refractivity contribution in [3.63, 3.8) is 0 Å². The molecule has 3 heterocycles. The van der Waals surface area contributed by atoms with Gasteiger partial charge in [0.05, 0.1) is 34.3 Å². The molecule has 160 valence electrons.